The number of nitrogens with two attached hydrogens (primary N) is 1. The number of hydrogen-bond donors (Lipinski definition) is 1. The van der Waals surface area contributed by atoms with Gasteiger partial charge in [0.25, 0.3) is 0 Å². The third kappa shape index (κ3) is 1.10. The number of hydrogen-bond acceptors (Lipinski definition) is 2. The molecule has 1 aliphatic heterocycles. The van der Waals surface area contributed by atoms with E-state index in [1.165, 1.54) is 11.1 Å². The summed E-state index contributed by atoms with van der Waals surface area (Å²) in [4.78, 5) is 0. The van der Waals surface area contributed by atoms with Gasteiger partial charge >= 0.3 is 0 Å². The Morgan fingerprint density at radius 1 is 1.47 bits per heavy atom. The number of benzene rings is 1. The van der Waals surface area contributed by atoms with E-state index in [0.29, 0.717) is 0 Å². The summed E-state index contributed by atoms with van der Waals surface area (Å²) in [6.07, 6.45) is 2.20. The molecule has 0 saturated carbocycles. The fourth-order valence-electron chi connectivity index (χ4n) is 2.47. The van der Waals surface area contributed by atoms with E-state index in [0.717, 1.165) is 24.1 Å². The third-order valence-electron chi connectivity index (χ3n) is 3.15. The quantitative estimate of drug-likeness (QED) is 0.768. The maximum atomic E-state index is 6.09. The standard InChI is InChI=1S/C12H14N2O/c1-15-10-4-2-3-8-7-9-5-6-11(13)14(9)12(8)10/h2-4,7,11H,5-6,13H2,1H3. The first-order valence-corrected chi connectivity index (χ1v) is 5.23. The zero-order chi connectivity index (χ0) is 10.4. The minimum Gasteiger partial charge on any atom is -0.495 e. The van der Waals surface area contributed by atoms with Crippen molar-refractivity contribution in [3.8, 4) is 5.75 Å². The molecule has 3 rings (SSSR count). The number of aromatic nitrogens is 1. The van der Waals surface area contributed by atoms with Crippen molar-refractivity contribution in [2.45, 2.75) is 19.0 Å². The predicted octanol–water partition coefficient (Wildman–Crippen LogP) is 2.05. The van der Waals surface area contributed by atoms with Gasteiger partial charge in [0, 0.05) is 11.1 Å². The van der Waals surface area contributed by atoms with Crippen LogP contribution >= 0.6 is 0 Å². The van der Waals surface area contributed by atoms with E-state index in [9.17, 15) is 0 Å². The van der Waals surface area contributed by atoms with Crippen LogP contribution in [0.1, 0.15) is 18.3 Å². The highest BCUT2D eigenvalue weighted by Gasteiger charge is 2.22. The minimum absolute atomic E-state index is 0.105. The Kier molecular flexibility index (Phi) is 1.76. The van der Waals surface area contributed by atoms with Gasteiger partial charge in [-0.2, -0.15) is 0 Å². The maximum Gasteiger partial charge on any atom is 0.143 e. The van der Waals surface area contributed by atoms with Gasteiger partial charge in [-0.25, -0.2) is 0 Å². The summed E-state index contributed by atoms with van der Waals surface area (Å²) in [7, 11) is 1.70. The molecular weight excluding hydrogens is 188 g/mol. The summed E-state index contributed by atoms with van der Waals surface area (Å²) in [6, 6.07) is 8.32. The smallest absolute Gasteiger partial charge is 0.143 e. The Bertz CT molecular complexity index is 516. The van der Waals surface area contributed by atoms with Crippen molar-refractivity contribution in [1.29, 1.82) is 0 Å². The summed E-state index contributed by atoms with van der Waals surface area (Å²) < 4.78 is 7.59. The molecule has 2 N–H and O–H groups in total. The van der Waals surface area contributed by atoms with E-state index in [2.05, 4.69) is 16.7 Å². The van der Waals surface area contributed by atoms with Gasteiger partial charge in [-0.1, -0.05) is 12.1 Å². The van der Waals surface area contributed by atoms with Crippen LogP contribution in [-0.2, 0) is 6.42 Å². The number of fused-ring (bicyclic) bond motifs is 3. The predicted molar refractivity (Wildman–Crippen MR) is 60.0 cm³/mol. The van der Waals surface area contributed by atoms with Crippen LogP contribution < -0.4 is 10.5 Å². The third-order valence-corrected chi connectivity index (χ3v) is 3.15. The topological polar surface area (TPSA) is 40.2 Å². The summed E-state index contributed by atoms with van der Waals surface area (Å²) in [5.74, 6) is 0.913. The number of rotatable bonds is 1. The van der Waals surface area contributed by atoms with Crippen molar-refractivity contribution in [2.24, 2.45) is 5.73 Å². The number of ether oxygens (including phenoxy) is 1. The normalized spacial score (nSPS) is 19.5. The first-order chi connectivity index (χ1) is 7.31. The Morgan fingerprint density at radius 3 is 3.13 bits per heavy atom. The van der Waals surface area contributed by atoms with Crippen molar-refractivity contribution in [1.82, 2.24) is 4.57 Å². The van der Waals surface area contributed by atoms with Gasteiger partial charge in [-0.05, 0) is 25.0 Å². The first kappa shape index (κ1) is 8.80. The molecule has 3 nitrogen and oxygen atoms in total. The first-order valence-electron chi connectivity index (χ1n) is 5.23. The molecule has 0 saturated heterocycles. The summed E-state index contributed by atoms with van der Waals surface area (Å²) >= 11 is 0. The molecule has 1 aromatic carbocycles. The highest BCUT2D eigenvalue weighted by molar-refractivity contribution is 5.87. The second kappa shape index (κ2) is 3.00. The SMILES string of the molecule is COc1cccc2cc3n(c12)C(N)CC3. The van der Waals surface area contributed by atoms with Crippen LogP contribution in [0.2, 0.25) is 0 Å². The molecule has 0 radical (unpaired) electrons. The molecule has 3 heteroatoms. The van der Waals surface area contributed by atoms with E-state index in [-0.39, 0.29) is 6.17 Å². The second-order valence-electron chi connectivity index (χ2n) is 4.01. The zero-order valence-corrected chi connectivity index (χ0v) is 8.73. The molecule has 1 aromatic heterocycles. The highest BCUT2D eigenvalue weighted by Crippen LogP contribution is 2.35. The molecule has 0 fully saturated rings. The molecule has 2 heterocycles. The summed E-state index contributed by atoms with van der Waals surface area (Å²) in [5, 5.41) is 1.22. The zero-order valence-electron chi connectivity index (χ0n) is 8.73. The average molecular weight is 202 g/mol. The van der Waals surface area contributed by atoms with Crippen LogP contribution in [0.25, 0.3) is 10.9 Å². The minimum atomic E-state index is 0.105. The van der Waals surface area contributed by atoms with Crippen LogP contribution in [0.5, 0.6) is 5.75 Å². The van der Waals surface area contributed by atoms with Crippen LogP contribution in [0, 0.1) is 0 Å². The van der Waals surface area contributed by atoms with Crippen LogP contribution in [0.3, 0.4) is 0 Å². The number of methoxy groups -OCH3 is 1. The van der Waals surface area contributed by atoms with E-state index >= 15 is 0 Å². The van der Waals surface area contributed by atoms with Crippen LogP contribution in [0.4, 0.5) is 0 Å². The van der Waals surface area contributed by atoms with Crippen molar-refractivity contribution in [2.75, 3.05) is 7.11 Å². The second-order valence-corrected chi connectivity index (χ2v) is 4.01. The molecule has 1 unspecified atom stereocenters. The lowest BCUT2D eigenvalue weighted by molar-refractivity contribution is 0.415. The molecule has 15 heavy (non-hydrogen) atoms. The van der Waals surface area contributed by atoms with Crippen molar-refractivity contribution >= 4 is 10.9 Å². The average Bonchev–Trinajstić information content (AvgIpc) is 2.78. The van der Waals surface area contributed by atoms with E-state index in [1.54, 1.807) is 7.11 Å². The van der Waals surface area contributed by atoms with Gasteiger partial charge < -0.3 is 15.0 Å². The number of aryl methyl sites for hydroxylation is 1. The van der Waals surface area contributed by atoms with Gasteiger partial charge in [0.05, 0.1) is 18.8 Å². The molecule has 0 amide bonds. The van der Waals surface area contributed by atoms with Gasteiger partial charge in [0.2, 0.25) is 0 Å². The van der Waals surface area contributed by atoms with Crippen molar-refractivity contribution in [3.63, 3.8) is 0 Å². The van der Waals surface area contributed by atoms with Crippen LogP contribution in [-0.4, -0.2) is 11.7 Å². The van der Waals surface area contributed by atoms with E-state index in [1.807, 2.05) is 12.1 Å². The van der Waals surface area contributed by atoms with Crippen molar-refractivity contribution in [3.05, 3.63) is 30.0 Å². The fraction of sp³-hybridized carbons (Fsp3) is 0.333. The molecule has 0 spiro atoms. The van der Waals surface area contributed by atoms with Gasteiger partial charge in [-0.3, -0.25) is 0 Å². The van der Waals surface area contributed by atoms with Crippen molar-refractivity contribution < 1.29 is 4.74 Å². The molecule has 1 atom stereocenters. The summed E-state index contributed by atoms with van der Waals surface area (Å²) in [6.45, 7) is 0. The lowest BCUT2D eigenvalue weighted by Gasteiger charge is -2.11. The van der Waals surface area contributed by atoms with Crippen LogP contribution in [0.15, 0.2) is 24.3 Å². The molecule has 2 aromatic rings. The van der Waals surface area contributed by atoms with E-state index in [4.69, 9.17) is 10.5 Å². The number of nitrogens with zero attached hydrogens (tertiary/aromatic N) is 1. The Labute approximate surface area is 88.4 Å². The fourth-order valence-corrected chi connectivity index (χ4v) is 2.47. The van der Waals surface area contributed by atoms with Gasteiger partial charge in [0.1, 0.15) is 5.75 Å². The molecular formula is C12H14N2O. The lowest BCUT2D eigenvalue weighted by atomic mass is 10.2. The van der Waals surface area contributed by atoms with E-state index < -0.39 is 0 Å². The Morgan fingerprint density at radius 2 is 2.33 bits per heavy atom. The molecule has 0 bridgehead atoms. The molecule has 1 aliphatic rings. The lowest BCUT2D eigenvalue weighted by Crippen LogP contribution is -2.13. The Hall–Kier alpha value is -1.48. The monoisotopic (exact) mass is 202 g/mol. The number of para-hydroxylation sites is 1. The van der Waals surface area contributed by atoms with Gasteiger partial charge in [-0.15, -0.1) is 0 Å². The van der Waals surface area contributed by atoms with Gasteiger partial charge in [0.15, 0.2) is 0 Å². The Balaban J connectivity index is 2.38. The molecule has 78 valence electrons. The largest absolute Gasteiger partial charge is 0.495 e. The summed E-state index contributed by atoms with van der Waals surface area (Å²) in [5.41, 5.74) is 8.55. The highest BCUT2D eigenvalue weighted by atomic mass is 16.5. The maximum absolute atomic E-state index is 6.09. The molecule has 0 aliphatic carbocycles.